The van der Waals surface area contributed by atoms with Crippen molar-refractivity contribution in [3.63, 3.8) is 0 Å². The lowest BCUT2D eigenvalue weighted by atomic mass is 10.00. The monoisotopic (exact) mass is 513 g/mol. The Labute approximate surface area is 218 Å². The fourth-order valence-electron chi connectivity index (χ4n) is 5.53. The first-order valence-electron chi connectivity index (χ1n) is 12.5. The Bertz CT molecular complexity index is 1510. The highest BCUT2D eigenvalue weighted by atomic mass is 16.5. The number of rotatable bonds is 6. The summed E-state index contributed by atoms with van der Waals surface area (Å²) in [5.41, 5.74) is 3.01. The van der Waals surface area contributed by atoms with Crippen molar-refractivity contribution in [1.29, 1.82) is 0 Å². The van der Waals surface area contributed by atoms with Crippen LogP contribution < -0.4 is 5.32 Å². The standard InChI is InChI=1S/C27H27N7O4/c1-38-27(37)17-7-8-18-20(11-17)31-26(36)24(18)25(16-5-3-2-4-6-16)32-22-12-21-19(30-22)9-10-34(21)23(35)13-33-15-28-14-29-33/h2-8,11,14-15,19,21-22,30-31,36H,9-10,12-13H2,1H3. The largest absolute Gasteiger partial charge is 0.494 e. The Kier molecular flexibility index (Phi) is 6.12. The summed E-state index contributed by atoms with van der Waals surface area (Å²) in [6, 6.07) is 14.9. The van der Waals surface area contributed by atoms with Crippen LogP contribution in [0.4, 0.5) is 0 Å². The van der Waals surface area contributed by atoms with Crippen LogP contribution in [0.25, 0.3) is 10.9 Å². The fourth-order valence-corrected chi connectivity index (χ4v) is 5.53. The molecule has 38 heavy (non-hydrogen) atoms. The Morgan fingerprint density at radius 2 is 2.03 bits per heavy atom. The highest BCUT2D eigenvalue weighted by Crippen LogP contribution is 2.33. The first-order chi connectivity index (χ1) is 18.5. The fraction of sp³-hybridized carbons (Fsp3) is 0.296. The molecule has 194 valence electrons. The van der Waals surface area contributed by atoms with Crippen LogP contribution in [-0.4, -0.2) is 79.2 Å². The zero-order valence-electron chi connectivity index (χ0n) is 20.7. The molecule has 1 amide bonds. The number of nitrogens with one attached hydrogen (secondary N) is 2. The number of amides is 1. The van der Waals surface area contributed by atoms with Gasteiger partial charge in [0.1, 0.15) is 25.4 Å². The van der Waals surface area contributed by atoms with Crippen molar-refractivity contribution in [1.82, 2.24) is 30.0 Å². The molecular weight excluding hydrogens is 486 g/mol. The Balaban J connectivity index is 1.33. The van der Waals surface area contributed by atoms with E-state index in [1.807, 2.05) is 35.2 Å². The number of esters is 1. The van der Waals surface area contributed by atoms with E-state index < -0.39 is 5.97 Å². The molecule has 0 saturated carbocycles. The number of benzene rings is 2. The van der Waals surface area contributed by atoms with E-state index in [0.29, 0.717) is 35.3 Å². The Morgan fingerprint density at radius 3 is 2.79 bits per heavy atom. The zero-order chi connectivity index (χ0) is 26.2. The van der Waals surface area contributed by atoms with Gasteiger partial charge in [-0.3, -0.25) is 15.1 Å². The van der Waals surface area contributed by atoms with Crippen molar-refractivity contribution >= 4 is 28.5 Å². The predicted octanol–water partition coefficient (Wildman–Crippen LogP) is 2.08. The zero-order valence-corrected chi connectivity index (χ0v) is 20.7. The third kappa shape index (κ3) is 4.30. The van der Waals surface area contributed by atoms with E-state index in [9.17, 15) is 14.7 Å². The second-order valence-electron chi connectivity index (χ2n) is 9.51. The molecule has 6 rings (SSSR count). The lowest BCUT2D eigenvalue weighted by Gasteiger charge is -2.23. The second kappa shape index (κ2) is 9.75. The number of nitrogens with zero attached hydrogens (tertiary/aromatic N) is 5. The van der Waals surface area contributed by atoms with Crippen molar-refractivity contribution < 1.29 is 19.4 Å². The molecule has 0 aliphatic carbocycles. The van der Waals surface area contributed by atoms with Crippen molar-refractivity contribution in [3.8, 4) is 5.88 Å². The molecule has 0 spiro atoms. The van der Waals surface area contributed by atoms with Crippen LogP contribution in [-0.2, 0) is 16.1 Å². The summed E-state index contributed by atoms with van der Waals surface area (Å²) < 4.78 is 6.37. The maximum atomic E-state index is 13.0. The summed E-state index contributed by atoms with van der Waals surface area (Å²) in [5.74, 6) is -0.482. The molecule has 2 saturated heterocycles. The van der Waals surface area contributed by atoms with Gasteiger partial charge in [0.2, 0.25) is 5.91 Å². The number of aliphatic imine (C=N–C) groups is 1. The molecule has 3 N–H and O–H groups in total. The number of likely N-dealkylation sites (tertiary alicyclic amines) is 1. The van der Waals surface area contributed by atoms with Gasteiger partial charge in [-0.15, -0.1) is 0 Å². The van der Waals surface area contributed by atoms with Crippen molar-refractivity contribution in [2.75, 3.05) is 13.7 Å². The quantitative estimate of drug-likeness (QED) is 0.265. The van der Waals surface area contributed by atoms with Gasteiger partial charge < -0.3 is 19.7 Å². The molecule has 2 aromatic heterocycles. The van der Waals surface area contributed by atoms with Gasteiger partial charge >= 0.3 is 5.97 Å². The lowest BCUT2D eigenvalue weighted by Crippen LogP contribution is -2.40. The Morgan fingerprint density at radius 1 is 1.18 bits per heavy atom. The maximum absolute atomic E-state index is 13.0. The summed E-state index contributed by atoms with van der Waals surface area (Å²) in [7, 11) is 1.33. The van der Waals surface area contributed by atoms with Crippen LogP contribution in [0.15, 0.2) is 66.2 Å². The minimum atomic E-state index is -0.455. The van der Waals surface area contributed by atoms with Crippen LogP contribution in [0.5, 0.6) is 5.88 Å². The number of ether oxygens (including phenoxy) is 1. The first-order valence-corrected chi connectivity index (χ1v) is 12.5. The van der Waals surface area contributed by atoms with E-state index in [1.165, 1.54) is 18.1 Å². The smallest absolute Gasteiger partial charge is 0.337 e. The maximum Gasteiger partial charge on any atom is 0.337 e. The number of hydrogen-bond donors (Lipinski definition) is 3. The van der Waals surface area contributed by atoms with Crippen LogP contribution in [0.3, 0.4) is 0 Å². The van der Waals surface area contributed by atoms with Gasteiger partial charge in [0, 0.05) is 35.5 Å². The van der Waals surface area contributed by atoms with E-state index in [2.05, 4.69) is 20.4 Å². The minimum absolute atomic E-state index is 0.00777. The number of aromatic nitrogens is 4. The number of aromatic hydroxyl groups is 1. The summed E-state index contributed by atoms with van der Waals surface area (Å²) in [4.78, 5) is 38.9. The minimum Gasteiger partial charge on any atom is -0.494 e. The molecule has 11 heteroatoms. The average Bonchev–Trinajstić information content (AvgIpc) is 3.71. The van der Waals surface area contributed by atoms with E-state index in [-0.39, 0.29) is 36.6 Å². The SMILES string of the molecule is COC(=O)c1ccc2c(C(=NC3CC4C(CCN4C(=O)Cn4cncn4)N3)c3ccccc3)c(O)[nH]c2c1. The third-order valence-electron chi connectivity index (χ3n) is 7.27. The van der Waals surface area contributed by atoms with Crippen molar-refractivity contribution in [2.24, 2.45) is 4.99 Å². The number of methoxy groups -OCH3 is 1. The molecule has 4 aromatic rings. The molecular formula is C27H27N7O4. The number of fused-ring (bicyclic) bond motifs is 2. The molecule has 4 heterocycles. The molecule has 11 nitrogen and oxygen atoms in total. The van der Waals surface area contributed by atoms with Crippen molar-refractivity contribution in [3.05, 3.63) is 77.9 Å². The van der Waals surface area contributed by atoms with Gasteiger partial charge in [-0.05, 0) is 18.6 Å². The first kappa shape index (κ1) is 23.9. The predicted molar refractivity (Wildman–Crippen MR) is 139 cm³/mol. The van der Waals surface area contributed by atoms with E-state index in [0.717, 1.165) is 17.4 Å². The molecule has 0 radical (unpaired) electrons. The van der Waals surface area contributed by atoms with Crippen LogP contribution >= 0.6 is 0 Å². The number of aromatic amines is 1. The Hall–Kier alpha value is -4.51. The highest BCUT2D eigenvalue weighted by molar-refractivity contribution is 6.21. The molecule has 2 aliphatic heterocycles. The summed E-state index contributed by atoms with van der Waals surface area (Å²) in [6.45, 7) is 0.840. The molecule has 2 aliphatic rings. The molecule has 2 fully saturated rings. The van der Waals surface area contributed by atoms with E-state index >= 15 is 0 Å². The molecule has 3 unspecified atom stereocenters. The topological polar surface area (TPSA) is 138 Å². The summed E-state index contributed by atoms with van der Waals surface area (Å²) >= 11 is 0. The van der Waals surface area contributed by atoms with Crippen LogP contribution in [0, 0.1) is 0 Å². The van der Waals surface area contributed by atoms with Gasteiger partial charge in [0.15, 0.2) is 5.88 Å². The number of hydrogen-bond acceptors (Lipinski definition) is 8. The van der Waals surface area contributed by atoms with Crippen LogP contribution in [0.1, 0.15) is 34.3 Å². The van der Waals surface area contributed by atoms with Gasteiger partial charge in [0.25, 0.3) is 0 Å². The molecule has 2 aromatic carbocycles. The van der Waals surface area contributed by atoms with Gasteiger partial charge in [-0.2, -0.15) is 5.10 Å². The third-order valence-corrected chi connectivity index (χ3v) is 7.27. The number of H-pyrrole nitrogens is 1. The van der Waals surface area contributed by atoms with Gasteiger partial charge in [-0.25, -0.2) is 14.5 Å². The van der Waals surface area contributed by atoms with Gasteiger partial charge in [-0.1, -0.05) is 36.4 Å². The average molecular weight is 514 g/mol. The second-order valence-corrected chi connectivity index (χ2v) is 9.51. The van der Waals surface area contributed by atoms with Gasteiger partial charge in [0.05, 0.1) is 30.0 Å². The molecule has 0 bridgehead atoms. The van der Waals surface area contributed by atoms with Crippen molar-refractivity contribution in [2.45, 2.75) is 37.6 Å². The van der Waals surface area contributed by atoms with E-state index in [4.69, 9.17) is 9.73 Å². The lowest BCUT2D eigenvalue weighted by molar-refractivity contribution is -0.132. The van der Waals surface area contributed by atoms with E-state index in [1.54, 1.807) is 24.5 Å². The normalized spacial score (nSPS) is 21.1. The summed E-state index contributed by atoms with van der Waals surface area (Å²) in [5, 5.41) is 19.4. The highest BCUT2D eigenvalue weighted by Gasteiger charge is 2.44. The number of carbonyl (C=O) groups is 2. The molecule has 3 atom stereocenters. The number of carbonyl (C=O) groups excluding carboxylic acids is 2. The van der Waals surface area contributed by atoms with Crippen LogP contribution in [0.2, 0.25) is 0 Å². The summed E-state index contributed by atoms with van der Waals surface area (Å²) in [6.07, 6.45) is 4.21.